The Kier molecular flexibility index (Phi) is 7.03. The summed E-state index contributed by atoms with van der Waals surface area (Å²) in [5.74, 6) is 0. The fourth-order valence-corrected chi connectivity index (χ4v) is 4.71. The van der Waals surface area contributed by atoms with Crippen LogP contribution in [-0.2, 0) is 0 Å². The molecule has 1 N–H and O–H groups in total. The SMILES string of the molecule is Cc1ccc(N2CCN(CC(O)c3ccc(C#N)cc3)CC2c2ccc(Cl)cc2)c(Cl)c1. The van der Waals surface area contributed by atoms with Crippen LogP contribution >= 0.6 is 23.2 Å². The summed E-state index contributed by atoms with van der Waals surface area (Å²) in [6.45, 7) is 4.90. The lowest BCUT2D eigenvalue weighted by atomic mass is 10.00. The average Bonchev–Trinajstić information content (AvgIpc) is 2.80. The molecule has 0 bridgehead atoms. The summed E-state index contributed by atoms with van der Waals surface area (Å²) in [6.07, 6.45) is -0.622. The third-order valence-corrected chi connectivity index (χ3v) is 6.54. The third-order valence-electron chi connectivity index (χ3n) is 5.99. The van der Waals surface area contributed by atoms with E-state index in [1.165, 1.54) is 0 Å². The van der Waals surface area contributed by atoms with Gasteiger partial charge in [-0.3, -0.25) is 4.90 Å². The van der Waals surface area contributed by atoms with Crippen LogP contribution in [0, 0.1) is 18.3 Å². The number of β-amino-alcohol motifs (C(OH)–C–C–N with tert-alkyl or cyclic N) is 1. The molecular formula is C26H25Cl2N3O. The summed E-state index contributed by atoms with van der Waals surface area (Å²) in [5.41, 5.74) is 4.71. The average molecular weight is 466 g/mol. The molecule has 1 aliphatic heterocycles. The first kappa shape index (κ1) is 22.6. The van der Waals surface area contributed by atoms with Crippen LogP contribution in [0.4, 0.5) is 5.69 Å². The number of piperazine rings is 1. The number of nitrogens with zero attached hydrogens (tertiary/aromatic N) is 3. The Labute approximate surface area is 199 Å². The van der Waals surface area contributed by atoms with E-state index in [0.29, 0.717) is 17.1 Å². The van der Waals surface area contributed by atoms with Crippen molar-refractivity contribution in [1.29, 1.82) is 5.26 Å². The monoisotopic (exact) mass is 465 g/mol. The van der Waals surface area contributed by atoms with E-state index in [9.17, 15) is 5.11 Å². The highest BCUT2D eigenvalue weighted by atomic mass is 35.5. The van der Waals surface area contributed by atoms with Crippen LogP contribution in [0.25, 0.3) is 0 Å². The molecule has 32 heavy (non-hydrogen) atoms. The first-order chi connectivity index (χ1) is 15.4. The van der Waals surface area contributed by atoms with Crippen molar-refractivity contribution in [2.24, 2.45) is 0 Å². The molecule has 0 aromatic heterocycles. The number of aliphatic hydroxyl groups excluding tert-OH is 1. The number of rotatable bonds is 5. The third kappa shape index (κ3) is 5.09. The van der Waals surface area contributed by atoms with Gasteiger partial charge >= 0.3 is 0 Å². The molecule has 2 unspecified atom stereocenters. The van der Waals surface area contributed by atoms with Gasteiger partial charge in [-0.15, -0.1) is 0 Å². The lowest BCUT2D eigenvalue weighted by Gasteiger charge is -2.44. The van der Waals surface area contributed by atoms with Crippen LogP contribution in [0.3, 0.4) is 0 Å². The lowest BCUT2D eigenvalue weighted by molar-refractivity contribution is 0.100. The molecule has 2 atom stereocenters. The van der Waals surface area contributed by atoms with Crippen molar-refractivity contribution in [3.8, 4) is 6.07 Å². The molecule has 1 fully saturated rings. The molecule has 3 aromatic rings. The van der Waals surface area contributed by atoms with Crippen LogP contribution in [-0.4, -0.2) is 36.2 Å². The van der Waals surface area contributed by atoms with E-state index >= 15 is 0 Å². The van der Waals surface area contributed by atoms with Gasteiger partial charge in [0.2, 0.25) is 0 Å². The normalized spacial score (nSPS) is 17.7. The second-order valence-electron chi connectivity index (χ2n) is 8.22. The highest BCUT2D eigenvalue weighted by Crippen LogP contribution is 2.36. The number of aliphatic hydroxyl groups is 1. The predicted octanol–water partition coefficient (Wildman–Crippen LogP) is 5.77. The summed E-state index contributed by atoms with van der Waals surface area (Å²) in [6, 6.07) is 23.4. The van der Waals surface area contributed by atoms with Crippen LogP contribution in [0.5, 0.6) is 0 Å². The smallest absolute Gasteiger partial charge is 0.0991 e. The molecule has 0 aliphatic carbocycles. The van der Waals surface area contributed by atoms with Crippen LogP contribution in [0.2, 0.25) is 10.0 Å². The summed E-state index contributed by atoms with van der Waals surface area (Å²) in [7, 11) is 0. The first-order valence-electron chi connectivity index (χ1n) is 10.6. The Balaban J connectivity index is 1.56. The highest BCUT2D eigenvalue weighted by molar-refractivity contribution is 6.33. The van der Waals surface area contributed by atoms with Crippen LogP contribution in [0.15, 0.2) is 66.7 Å². The number of hydrogen-bond donors (Lipinski definition) is 1. The Morgan fingerprint density at radius 2 is 1.75 bits per heavy atom. The van der Waals surface area contributed by atoms with Crippen molar-refractivity contribution in [2.45, 2.75) is 19.1 Å². The fourth-order valence-electron chi connectivity index (χ4n) is 4.24. The minimum atomic E-state index is -0.622. The maximum absolute atomic E-state index is 10.8. The number of anilines is 1. The molecule has 4 nitrogen and oxygen atoms in total. The standard InChI is InChI=1S/C26H25Cl2N3O/c1-18-2-11-24(23(28)14-18)31-13-12-30(16-25(31)20-7-9-22(27)10-8-20)17-26(32)21-5-3-19(15-29)4-6-21/h2-11,14,25-26,32H,12-13,16-17H2,1H3. The highest BCUT2D eigenvalue weighted by Gasteiger charge is 2.30. The van der Waals surface area contributed by atoms with E-state index in [1.54, 1.807) is 12.1 Å². The van der Waals surface area contributed by atoms with E-state index in [0.717, 1.165) is 47.0 Å². The number of halogens is 2. The van der Waals surface area contributed by atoms with Gasteiger partial charge in [0, 0.05) is 31.2 Å². The molecule has 1 aliphatic rings. The van der Waals surface area contributed by atoms with Gasteiger partial charge in [-0.25, -0.2) is 0 Å². The van der Waals surface area contributed by atoms with Gasteiger partial charge < -0.3 is 10.0 Å². The minimum Gasteiger partial charge on any atom is -0.387 e. The molecule has 4 rings (SSSR count). The van der Waals surface area contributed by atoms with E-state index in [4.69, 9.17) is 28.5 Å². The van der Waals surface area contributed by atoms with Gasteiger partial charge in [0.1, 0.15) is 0 Å². The summed E-state index contributed by atoms with van der Waals surface area (Å²) < 4.78 is 0. The summed E-state index contributed by atoms with van der Waals surface area (Å²) >= 11 is 12.8. The molecule has 3 aromatic carbocycles. The van der Waals surface area contributed by atoms with Crippen LogP contribution in [0.1, 0.15) is 34.4 Å². The zero-order valence-corrected chi connectivity index (χ0v) is 19.4. The molecule has 6 heteroatoms. The van der Waals surface area contributed by atoms with Gasteiger partial charge in [-0.05, 0) is 60.0 Å². The quantitative estimate of drug-likeness (QED) is 0.519. The second kappa shape index (κ2) is 9.94. The minimum absolute atomic E-state index is 0.0781. The van der Waals surface area contributed by atoms with Crippen molar-refractivity contribution in [1.82, 2.24) is 4.90 Å². The topological polar surface area (TPSA) is 50.5 Å². The van der Waals surface area contributed by atoms with E-state index in [-0.39, 0.29) is 6.04 Å². The van der Waals surface area contributed by atoms with E-state index in [1.807, 2.05) is 37.3 Å². The van der Waals surface area contributed by atoms with Crippen molar-refractivity contribution in [2.75, 3.05) is 31.1 Å². The Bertz CT molecular complexity index is 1110. The summed E-state index contributed by atoms with van der Waals surface area (Å²) in [4.78, 5) is 4.62. The van der Waals surface area contributed by atoms with Crippen molar-refractivity contribution < 1.29 is 5.11 Å². The van der Waals surface area contributed by atoms with E-state index in [2.05, 4.69) is 40.1 Å². The molecule has 0 amide bonds. The Morgan fingerprint density at radius 1 is 1.03 bits per heavy atom. The maximum Gasteiger partial charge on any atom is 0.0991 e. The maximum atomic E-state index is 10.8. The summed E-state index contributed by atoms with van der Waals surface area (Å²) in [5, 5.41) is 21.3. The first-order valence-corrected chi connectivity index (χ1v) is 11.4. The van der Waals surface area contributed by atoms with Crippen molar-refractivity contribution in [3.63, 3.8) is 0 Å². The van der Waals surface area contributed by atoms with Gasteiger partial charge in [0.15, 0.2) is 0 Å². The molecular weight excluding hydrogens is 441 g/mol. The Hall–Kier alpha value is -2.55. The Morgan fingerprint density at radius 3 is 2.41 bits per heavy atom. The number of aryl methyl sites for hydroxylation is 1. The molecule has 0 spiro atoms. The molecule has 1 heterocycles. The second-order valence-corrected chi connectivity index (χ2v) is 9.07. The molecule has 164 valence electrons. The van der Waals surface area contributed by atoms with Crippen molar-refractivity contribution in [3.05, 3.63) is 99.0 Å². The lowest BCUT2D eigenvalue weighted by Crippen LogP contribution is -2.49. The predicted molar refractivity (Wildman–Crippen MR) is 130 cm³/mol. The molecule has 0 saturated carbocycles. The number of benzene rings is 3. The number of nitriles is 1. The zero-order valence-electron chi connectivity index (χ0n) is 17.9. The van der Waals surface area contributed by atoms with Gasteiger partial charge in [-0.2, -0.15) is 5.26 Å². The van der Waals surface area contributed by atoms with Gasteiger partial charge in [0.05, 0.1) is 34.5 Å². The fraction of sp³-hybridized carbons (Fsp3) is 0.269. The molecule has 1 saturated heterocycles. The van der Waals surface area contributed by atoms with Crippen molar-refractivity contribution >= 4 is 28.9 Å². The van der Waals surface area contributed by atoms with Crippen LogP contribution < -0.4 is 4.90 Å². The number of hydrogen-bond acceptors (Lipinski definition) is 4. The van der Waals surface area contributed by atoms with Gasteiger partial charge in [-0.1, -0.05) is 53.5 Å². The largest absolute Gasteiger partial charge is 0.387 e. The van der Waals surface area contributed by atoms with E-state index < -0.39 is 6.10 Å². The molecule has 0 radical (unpaired) electrons. The van der Waals surface area contributed by atoms with Gasteiger partial charge in [0.25, 0.3) is 0 Å². The zero-order chi connectivity index (χ0) is 22.7.